The van der Waals surface area contributed by atoms with Crippen LogP contribution in [0.15, 0.2) is 18.2 Å². The van der Waals surface area contributed by atoms with Gasteiger partial charge in [-0.05, 0) is 12.1 Å². The number of nitrogens with two attached hydrogens (primary N) is 2. The standard InChI is InChI=1S/C8H10ClN3O2.ClH/c9-5-1-2-8(12(13)14)6(3-5)7(11)4-10;/h1-3,7H,4,10-11H2;1H/t7-;/m0./s1. The fourth-order valence-electron chi connectivity index (χ4n) is 1.12. The van der Waals surface area contributed by atoms with Crippen molar-refractivity contribution in [1.29, 1.82) is 0 Å². The Morgan fingerprint density at radius 3 is 2.60 bits per heavy atom. The molecule has 1 aromatic rings. The second-order valence-electron chi connectivity index (χ2n) is 2.80. The molecule has 4 N–H and O–H groups in total. The summed E-state index contributed by atoms with van der Waals surface area (Å²) in [5.41, 5.74) is 11.3. The lowest BCUT2D eigenvalue weighted by Crippen LogP contribution is -2.21. The lowest BCUT2D eigenvalue weighted by molar-refractivity contribution is -0.385. The zero-order chi connectivity index (χ0) is 10.7. The molecule has 15 heavy (non-hydrogen) atoms. The molecule has 0 saturated heterocycles. The molecule has 0 heterocycles. The Bertz CT molecular complexity index is 360. The van der Waals surface area contributed by atoms with E-state index in [9.17, 15) is 10.1 Å². The zero-order valence-electron chi connectivity index (χ0n) is 7.72. The van der Waals surface area contributed by atoms with Crippen molar-refractivity contribution in [2.75, 3.05) is 6.54 Å². The van der Waals surface area contributed by atoms with Crippen molar-refractivity contribution < 1.29 is 4.92 Å². The maximum Gasteiger partial charge on any atom is 0.274 e. The Morgan fingerprint density at radius 2 is 2.13 bits per heavy atom. The fraction of sp³-hybridized carbons (Fsp3) is 0.250. The van der Waals surface area contributed by atoms with Gasteiger partial charge in [0.05, 0.1) is 4.92 Å². The molecule has 0 fully saturated rings. The van der Waals surface area contributed by atoms with Crippen LogP contribution in [0.3, 0.4) is 0 Å². The van der Waals surface area contributed by atoms with Gasteiger partial charge in [0.2, 0.25) is 0 Å². The van der Waals surface area contributed by atoms with Gasteiger partial charge >= 0.3 is 0 Å². The van der Waals surface area contributed by atoms with Crippen molar-refractivity contribution in [2.24, 2.45) is 11.5 Å². The van der Waals surface area contributed by atoms with Crippen LogP contribution in [0.5, 0.6) is 0 Å². The van der Waals surface area contributed by atoms with Crippen LogP contribution in [0, 0.1) is 10.1 Å². The van der Waals surface area contributed by atoms with Gasteiger partial charge in [0.25, 0.3) is 5.69 Å². The average molecular weight is 252 g/mol. The van der Waals surface area contributed by atoms with Gasteiger partial charge in [-0.3, -0.25) is 10.1 Å². The molecule has 0 spiro atoms. The number of rotatable bonds is 3. The molecular weight excluding hydrogens is 241 g/mol. The summed E-state index contributed by atoms with van der Waals surface area (Å²) in [6.07, 6.45) is 0. The van der Waals surface area contributed by atoms with Crippen molar-refractivity contribution in [3.05, 3.63) is 38.9 Å². The van der Waals surface area contributed by atoms with E-state index in [2.05, 4.69) is 0 Å². The average Bonchev–Trinajstić information content (AvgIpc) is 2.16. The number of nitro benzene ring substituents is 1. The van der Waals surface area contributed by atoms with E-state index in [1.54, 1.807) is 0 Å². The van der Waals surface area contributed by atoms with E-state index in [-0.39, 0.29) is 24.6 Å². The first-order valence-electron chi connectivity index (χ1n) is 3.95. The van der Waals surface area contributed by atoms with Gasteiger partial charge in [-0.25, -0.2) is 0 Å². The molecule has 5 nitrogen and oxygen atoms in total. The number of hydrogen-bond donors (Lipinski definition) is 2. The minimum atomic E-state index is -0.561. The van der Waals surface area contributed by atoms with Gasteiger partial charge < -0.3 is 11.5 Å². The van der Waals surface area contributed by atoms with Crippen molar-refractivity contribution in [3.63, 3.8) is 0 Å². The molecular formula is C8H11Cl2N3O2. The third kappa shape index (κ3) is 3.32. The van der Waals surface area contributed by atoms with E-state index in [4.69, 9.17) is 23.1 Å². The molecule has 1 atom stereocenters. The Morgan fingerprint density at radius 1 is 1.53 bits per heavy atom. The molecule has 7 heteroatoms. The highest BCUT2D eigenvalue weighted by atomic mass is 35.5. The minimum Gasteiger partial charge on any atom is -0.329 e. The first-order chi connectivity index (χ1) is 6.56. The molecule has 0 amide bonds. The van der Waals surface area contributed by atoms with E-state index in [1.807, 2.05) is 0 Å². The monoisotopic (exact) mass is 251 g/mol. The van der Waals surface area contributed by atoms with Crippen LogP contribution >= 0.6 is 24.0 Å². The van der Waals surface area contributed by atoms with Crippen LogP contribution in [0.4, 0.5) is 5.69 Å². The summed E-state index contributed by atoms with van der Waals surface area (Å²) < 4.78 is 0. The molecule has 0 aliphatic rings. The van der Waals surface area contributed by atoms with Gasteiger partial charge in [0.1, 0.15) is 0 Å². The van der Waals surface area contributed by atoms with E-state index in [1.165, 1.54) is 18.2 Å². The van der Waals surface area contributed by atoms with Crippen molar-refractivity contribution in [2.45, 2.75) is 6.04 Å². The summed E-state index contributed by atoms with van der Waals surface area (Å²) in [7, 11) is 0. The number of nitro groups is 1. The Balaban J connectivity index is 0.00000196. The van der Waals surface area contributed by atoms with Crippen LogP contribution in [-0.4, -0.2) is 11.5 Å². The van der Waals surface area contributed by atoms with Gasteiger partial charge in [-0.2, -0.15) is 0 Å². The summed E-state index contributed by atoms with van der Waals surface area (Å²) in [4.78, 5) is 10.1. The summed E-state index contributed by atoms with van der Waals surface area (Å²) >= 11 is 5.70. The molecule has 0 aromatic heterocycles. The third-order valence-corrected chi connectivity index (χ3v) is 2.07. The van der Waals surface area contributed by atoms with Gasteiger partial charge in [-0.1, -0.05) is 11.6 Å². The van der Waals surface area contributed by atoms with Crippen LogP contribution in [0.25, 0.3) is 0 Å². The normalized spacial score (nSPS) is 11.7. The number of halogens is 2. The lowest BCUT2D eigenvalue weighted by Gasteiger charge is -2.09. The maximum absolute atomic E-state index is 10.6. The Hall–Kier alpha value is -0.880. The maximum atomic E-state index is 10.6. The van der Waals surface area contributed by atoms with Crippen molar-refractivity contribution in [3.8, 4) is 0 Å². The number of nitrogens with zero attached hydrogens (tertiary/aromatic N) is 1. The molecule has 0 saturated carbocycles. The van der Waals surface area contributed by atoms with E-state index in [0.717, 1.165) is 0 Å². The fourth-order valence-corrected chi connectivity index (χ4v) is 1.30. The summed E-state index contributed by atoms with van der Waals surface area (Å²) in [5.74, 6) is 0. The van der Waals surface area contributed by atoms with Crippen LogP contribution in [-0.2, 0) is 0 Å². The van der Waals surface area contributed by atoms with Crippen LogP contribution in [0.1, 0.15) is 11.6 Å². The van der Waals surface area contributed by atoms with E-state index >= 15 is 0 Å². The predicted molar refractivity (Wildman–Crippen MR) is 61.3 cm³/mol. The molecule has 0 bridgehead atoms. The SMILES string of the molecule is Cl.NC[C@H](N)c1cc(Cl)ccc1[N+](=O)[O-]. The van der Waals surface area contributed by atoms with Gasteiger partial charge in [0, 0.05) is 29.2 Å². The van der Waals surface area contributed by atoms with Gasteiger partial charge in [-0.15, -0.1) is 12.4 Å². The topological polar surface area (TPSA) is 95.2 Å². The second-order valence-corrected chi connectivity index (χ2v) is 3.24. The molecule has 0 aliphatic heterocycles. The zero-order valence-corrected chi connectivity index (χ0v) is 9.29. The van der Waals surface area contributed by atoms with Crippen LogP contribution in [0.2, 0.25) is 5.02 Å². The highest BCUT2D eigenvalue weighted by molar-refractivity contribution is 6.30. The molecule has 1 rings (SSSR count). The first-order valence-corrected chi connectivity index (χ1v) is 4.33. The van der Waals surface area contributed by atoms with Crippen LogP contribution < -0.4 is 11.5 Å². The summed E-state index contributed by atoms with van der Waals surface area (Å²) in [5, 5.41) is 11.0. The van der Waals surface area contributed by atoms with E-state index in [0.29, 0.717) is 10.6 Å². The molecule has 1 aromatic carbocycles. The Labute approximate surface area is 98.0 Å². The number of hydrogen-bond acceptors (Lipinski definition) is 4. The highest BCUT2D eigenvalue weighted by Gasteiger charge is 2.18. The van der Waals surface area contributed by atoms with Crippen molar-refractivity contribution in [1.82, 2.24) is 0 Å². The molecule has 84 valence electrons. The molecule has 0 aliphatic carbocycles. The smallest absolute Gasteiger partial charge is 0.274 e. The van der Waals surface area contributed by atoms with Gasteiger partial charge in [0.15, 0.2) is 0 Å². The summed E-state index contributed by atoms with van der Waals surface area (Å²) in [6, 6.07) is 3.69. The van der Waals surface area contributed by atoms with Crippen molar-refractivity contribution >= 4 is 29.7 Å². The molecule has 0 radical (unpaired) electrons. The molecule has 0 unspecified atom stereocenters. The van der Waals surface area contributed by atoms with E-state index < -0.39 is 11.0 Å². The second kappa shape index (κ2) is 5.87. The predicted octanol–water partition coefficient (Wildman–Crippen LogP) is 1.63. The first kappa shape index (κ1) is 14.1. The summed E-state index contributed by atoms with van der Waals surface area (Å²) in [6.45, 7) is 0.140. The number of benzene rings is 1. The largest absolute Gasteiger partial charge is 0.329 e. The lowest BCUT2D eigenvalue weighted by atomic mass is 10.1. The highest BCUT2D eigenvalue weighted by Crippen LogP contribution is 2.26. The third-order valence-electron chi connectivity index (χ3n) is 1.84. The Kier molecular flexibility index (Phi) is 5.53. The quantitative estimate of drug-likeness (QED) is 0.631. The minimum absolute atomic E-state index is 0.